The molecule has 0 aliphatic carbocycles. The molecule has 0 atom stereocenters. The molecule has 0 unspecified atom stereocenters. The zero-order valence-corrected chi connectivity index (χ0v) is 13.5. The summed E-state index contributed by atoms with van der Waals surface area (Å²) in [6.45, 7) is 9.76. The third-order valence-corrected chi connectivity index (χ3v) is 4.14. The summed E-state index contributed by atoms with van der Waals surface area (Å²) in [7, 11) is 4.38. The zero-order valence-electron chi connectivity index (χ0n) is 13.5. The smallest absolute Gasteiger partial charge is 0.0107 e. The number of nitrogens with zero attached hydrogens (tertiary/aromatic N) is 2. The van der Waals surface area contributed by atoms with E-state index in [1.165, 1.54) is 77.8 Å². The molecule has 1 aliphatic rings. The molecule has 1 rings (SSSR count). The van der Waals surface area contributed by atoms with Crippen molar-refractivity contribution in [3.05, 3.63) is 0 Å². The van der Waals surface area contributed by atoms with Crippen molar-refractivity contribution in [3.63, 3.8) is 0 Å². The monoisotopic (exact) mass is 269 g/mol. The Kier molecular flexibility index (Phi) is 9.48. The van der Waals surface area contributed by atoms with Crippen molar-refractivity contribution in [1.29, 1.82) is 0 Å². The molecule has 0 radical (unpaired) electrons. The maximum absolute atomic E-state index is 3.59. The van der Waals surface area contributed by atoms with Crippen LogP contribution in [0.15, 0.2) is 0 Å². The number of nitrogens with one attached hydrogen (secondary N) is 1. The van der Waals surface area contributed by atoms with Crippen molar-refractivity contribution < 1.29 is 0 Å². The molecule has 0 saturated carbocycles. The number of unbranched alkanes of at least 4 members (excludes halogenated alkanes) is 3. The summed E-state index contributed by atoms with van der Waals surface area (Å²) in [5.74, 6) is 0.924. The van der Waals surface area contributed by atoms with Crippen LogP contribution in [0.1, 0.15) is 45.4 Å². The first-order chi connectivity index (χ1) is 9.22. The van der Waals surface area contributed by atoms with Gasteiger partial charge in [-0.1, -0.05) is 26.2 Å². The van der Waals surface area contributed by atoms with Crippen LogP contribution in [0.5, 0.6) is 0 Å². The topological polar surface area (TPSA) is 18.5 Å². The van der Waals surface area contributed by atoms with Gasteiger partial charge in [-0.15, -0.1) is 0 Å². The summed E-state index contributed by atoms with van der Waals surface area (Å²) in [6.07, 6.45) is 8.23. The minimum absolute atomic E-state index is 0.924. The van der Waals surface area contributed by atoms with Crippen LogP contribution in [0.4, 0.5) is 0 Å². The minimum atomic E-state index is 0.924. The quantitative estimate of drug-likeness (QED) is 0.615. The van der Waals surface area contributed by atoms with Crippen LogP contribution in [0, 0.1) is 5.92 Å². The summed E-state index contributed by atoms with van der Waals surface area (Å²) >= 11 is 0. The second-order valence-electron chi connectivity index (χ2n) is 6.36. The third kappa shape index (κ3) is 8.61. The molecule has 0 aromatic carbocycles. The van der Waals surface area contributed by atoms with Crippen LogP contribution in [-0.4, -0.2) is 63.2 Å². The second-order valence-corrected chi connectivity index (χ2v) is 6.36. The van der Waals surface area contributed by atoms with Gasteiger partial charge in [0, 0.05) is 19.6 Å². The molecule has 3 heteroatoms. The summed E-state index contributed by atoms with van der Waals surface area (Å²) in [5, 5.41) is 3.59. The van der Waals surface area contributed by atoms with Crippen molar-refractivity contribution in [2.24, 2.45) is 5.92 Å². The zero-order chi connectivity index (χ0) is 13.9. The highest BCUT2D eigenvalue weighted by molar-refractivity contribution is 4.74. The summed E-state index contributed by atoms with van der Waals surface area (Å²) in [5.41, 5.74) is 0. The van der Waals surface area contributed by atoms with Gasteiger partial charge in [0.2, 0.25) is 0 Å². The van der Waals surface area contributed by atoms with E-state index < -0.39 is 0 Å². The molecule has 0 aromatic rings. The molecule has 3 nitrogen and oxygen atoms in total. The van der Waals surface area contributed by atoms with Crippen molar-refractivity contribution >= 4 is 0 Å². The predicted octanol–water partition coefficient (Wildman–Crippen LogP) is 2.43. The summed E-state index contributed by atoms with van der Waals surface area (Å²) in [4.78, 5) is 4.96. The fraction of sp³-hybridized carbons (Fsp3) is 1.00. The van der Waals surface area contributed by atoms with Gasteiger partial charge in [-0.05, 0) is 58.9 Å². The van der Waals surface area contributed by atoms with Gasteiger partial charge in [0.05, 0.1) is 0 Å². The summed E-state index contributed by atoms with van der Waals surface area (Å²) < 4.78 is 0. The SMILES string of the molecule is CCCCCCNCCN1CCC(CN(C)C)CC1. The average molecular weight is 269 g/mol. The van der Waals surface area contributed by atoms with Crippen LogP contribution in [0.25, 0.3) is 0 Å². The average Bonchev–Trinajstić information content (AvgIpc) is 2.39. The maximum atomic E-state index is 3.59. The molecule has 0 bridgehead atoms. The molecule has 1 N–H and O–H groups in total. The first kappa shape index (κ1) is 16.9. The number of likely N-dealkylation sites (tertiary alicyclic amines) is 1. The summed E-state index contributed by atoms with van der Waals surface area (Å²) in [6, 6.07) is 0. The van der Waals surface area contributed by atoms with Crippen molar-refractivity contribution in [2.75, 3.05) is 53.4 Å². The Hall–Kier alpha value is -0.120. The van der Waals surface area contributed by atoms with Crippen molar-refractivity contribution in [1.82, 2.24) is 15.1 Å². The lowest BCUT2D eigenvalue weighted by atomic mass is 9.96. The fourth-order valence-electron chi connectivity index (χ4n) is 2.95. The molecule has 1 heterocycles. The van der Waals surface area contributed by atoms with E-state index >= 15 is 0 Å². The Morgan fingerprint density at radius 3 is 2.42 bits per heavy atom. The molecule has 1 fully saturated rings. The Balaban J connectivity index is 1.92. The van der Waals surface area contributed by atoms with Crippen molar-refractivity contribution in [2.45, 2.75) is 45.4 Å². The minimum Gasteiger partial charge on any atom is -0.315 e. The molecule has 1 saturated heterocycles. The molecule has 0 aromatic heterocycles. The van der Waals surface area contributed by atoms with E-state index in [1.807, 2.05) is 0 Å². The van der Waals surface area contributed by atoms with Gasteiger partial charge in [-0.25, -0.2) is 0 Å². The van der Waals surface area contributed by atoms with E-state index in [9.17, 15) is 0 Å². The van der Waals surface area contributed by atoms with Crippen LogP contribution < -0.4 is 5.32 Å². The van der Waals surface area contributed by atoms with E-state index in [0.717, 1.165) is 5.92 Å². The lowest BCUT2D eigenvalue weighted by Crippen LogP contribution is -2.40. The largest absolute Gasteiger partial charge is 0.315 e. The Bertz CT molecular complexity index is 198. The third-order valence-electron chi connectivity index (χ3n) is 4.14. The lowest BCUT2D eigenvalue weighted by molar-refractivity contribution is 0.163. The predicted molar refractivity (Wildman–Crippen MR) is 84.7 cm³/mol. The van der Waals surface area contributed by atoms with Gasteiger partial charge < -0.3 is 15.1 Å². The molecule has 19 heavy (non-hydrogen) atoms. The number of hydrogen-bond donors (Lipinski definition) is 1. The van der Waals surface area contributed by atoms with E-state index in [4.69, 9.17) is 0 Å². The molecular weight excluding hydrogens is 234 g/mol. The van der Waals surface area contributed by atoms with Gasteiger partial charge in [-0.3, -0.25) is 0 Å². The number of piperidine rings is 1. The molecule has 1 aliphatic heterocycles. The van der Waals surface area contributed by atoms with Crippen LogP contribution in [0.2, 0.25) is 0 Å². The van der Waals surface area contributed by atoms with Gasteiger partial charge in [0.1, 0.15) is 0 Å². The fourth-order valence-corrected chi connectivity index (χ4v) is 2.95. The van der Waals surface area contributed by atoms with E-state index in [-0.39, 0.29) is 0 Å². The van der Waals surface area contributed by atoms with Gasteiger partial charge in [0.25, 0.3) is 0 Å². The highest BCUT2D eigenvalue weighted by Gasteiger charge is 2.18. The van der Waals surface area contributed by atoms with Gasteiger partial charge in [-0.2, -0.15) is 0 Å². The first-order valence-electron chi connectivity index (χ1n) is 8.30. The second kappa shape index (κ2) is 10.6. The maximum Gasteiger partial charge on any atom is 0.0107 e. The molecule has 114 valence electrons. The highest BCUT2D eigenvalue weighted by Crippen LogP contribution is 2.17. The van der Waals surface area contributed by atoms with Crippen LogP contribution in [0.3, 0.4) is 0 Å². The van der Waals surface area contributed by atoms with Gasteiger partial charge in [0.15, 0.2) is 0 Å². The molecule has 0 spiro atoms. The lowest BCUT2D eigenvalue weighted by Gasteiger charge is -2.33. The normalized spacial score (nSPS) is 18.3. The van der Waals surface area contributed by atoms with E-state index in [0.29, 0.717) is 0 Å². The number of hydrogen-bond acceptors (Lipinski definition) is 3. The Morgan fingerprint density at radius 2 is 1.79 bits per heavy atom. The van der Waals surface area contributed by atoms with Crippen LogP contribution >= 0.6 is 0 Å². The number of rotatable bonds is 10. The van der Waals surface area contributed by atoms with E-state index in [1.54, 1.807) is 0 Å². The van der Waals surface area contributed by atoms with E-state index in [2.05, 4.69) is 36.1 Å². The Morgan fingerprint density at radius 1 is 1.05 bits per heavy atom. The molecular formula is C16H35N3. The standard InChI is InChI=1S/C16H35N3/c1-4-5-6-7-10-17-11-14-19-12-8-16(9-13-19)15-18(2)3/h16-17H,4-15H2,1-3H3. The van der Waals surface area contributed by atoms with Crippen LogP contribution in [-0.2, 0) is 0 Å². The van der Waals surface area contributed by atoms with Crippen molar-refractivity contribution in [3.8, 4) is 0 Å². The first-order valence-corrected chi connectivity index (χ1v) is 8.30. The highest BCUT2D eigenvalue weighted by atomic mass is 15.1. The molecule has 0 amide bonds. The Labute approximate surface area is 120 Å². The van der Waals surface area contributed by atoms with Gasteiger partial charge >= 0.3 is 0 Å².